The Balaban J connectivity index is 0.000000124. The number of aromatic amines is 5. The Bertz CT molecular complexity index is 5120. The number of H-pyrrole nitrogens is 5. The zero-order valence-electron chi connectivity index (χ0n) is 55.6. The quantitative estimate of drug-likeness (QED) is 0.0855. The highest BCUT2D eigenvalue weighted by Gasteiger charge is 2.30. The zero-order chi connectivity index (χ0) is 69.7. The summed E-state index contributed by atoms with van der Waals surface area (Å²) in [5.41, 5.74) is 13.1. The number of benzene rings is 3. The molecule has 2 fully saturated rings. The van der Waals surface area contributed by atoms with Gasteiger partial charge in [0, 0.05) is 165 Å². The molecule has 0 saturated carbocycles. The van der Waals surface area contributed by atoms with Gasteiger partial charge in [-0.3, -0.25) is 4.79 Å². The molecule has 0 bridgehead atoms. The molecule has 98 heavy (non-hydrogen) atoms. The minimum Gasteiger partial charge on any atom is -0.495 e. The molecule has 5 N–H and O–H groups in total. The van der Waals surface area contributed by atoms with Crippen LogP contribution in [0.15, 0.2) is 140 Å². The van der Waals surface area contributed by atoms with Gasteiger partial charge in [0.1, 0.15) is 28.7 Å². The molecular weight excluding hydrogens is 1340 g/mol. The fourth-order valence-electron chi connectivity index (χ4n) is 13.6. The third kappa shape index (κ3) is 16.3. The summed E-state index contributed by atoms with van der Waals surface area (Å²) in [5, 5.41) is 4.89. The standard InChI is InChI=1S/C15H15FN2O.C15H18N2O3S.C14H17FN2O2S.C13H17N3O2S.C13H15N3O2S/c1-10(19)18-7-5-11(6-8-18)13-9-17-15-12(13)3-2-4-14(15)16;1-20-14-5-3-4-12-13(10-16-15(12)14)11-6-8-17(9-7-11)21(2,18)19;1-20(18,19)17-7-5-10(6-8-17)11-9-16-13-4-2-3-12(15)14(11)13;2*1-19(17,18)16-7-4-10(5-8-16)12-9-15-13-11(12)3-2-6-14-13/h2-5,9,17H,6-8H2,1H3;3-6,10,16H,7-9H2,1-2H3;2-4,9-10,16H,5-8H2,1H3;2-3,6,9-10H,4-5,7-8H2,1H3,(H,14,15);2-4,6,9H,5,7-8H2,1H3,(H,14,15). The molecule has 15 rings (SSSR count). The number of carbonyl (C=O) groups is 1. The van der Waals surface area contributed by atoms with E-state index < -0.39 is 40.1 Å². The van der Waals surface area contributed by atoms with Gasteiger partial charge in [0.05, 0.1) is 43.2 Å². The first-order valence-electron chi connectivity index (χ1n) is 32.4. The Labute approximate surface area is 570 Å². The number of pyridine rings is 2. The molecule has 520 valence electrons. The van der Waals surface area contributed by atoms with E-state index in [9.17, 15) is 47.2 Å². The van der Waals surface area contributed by atoms with Crippen LogP contribution >= 0.6 is 0 Å². The molecule has 28 heteroatoms. The van der Waals surface area contributed by atoms with E-state index in [0.29, 0.717) is 75.7 Å². The maximum absolute atomic E-state index is 14.0. The van der Waals surface area contributed by atoms with E-state index in [1.54, 1.807) is 47.8 Å². The van der Waals surface area contributed by atoms with Crippen molar-refractivity contribution in [2.45, 2.75) is 63.7 Å². The topological polar surface area (TPSA) is 284 Å². The van der Waals surface area contributed by atoms with E-state index >= 15 is 0 Å². The van der Waals surface area contributed by atoms with Crippen molar-refractivity contribution in [1.82, 2.24) is 57.0 Å². The van der Waals surface area contributed by atoms with E-state index in [1.165, 1.54) is 72.4 Å². The number of nitrogens with one attached hydrogen (secondary N) is 5. The average molecular weight is 1420 g/mol. The lowest BCUT2D eigenvalue weighted by molar-refractivity contribution is -0.128. The number of piperidine rings is 2. The molecule has 5 aliphatic heterocycles. The molecule has 0 radical (unpaired) electrons. The molecule has 5 aliphatic rings. The number of halogens is 2. The summed E-state index contributed by atoms with van der Waals surface area (Å²) < 4.78 is 131. The Morgan fingerprint density at radius 3 is 1.43 bits per heavy atom. The Morgan fingerprint density at radius 2 is 0.908 bits per heavy atom. The minimum atomic E-state index is -3.12. The fourth-order valence-corrected chi connectivity index (χ4v) is 16.8. The Kier molecular flexibility index (Phi) is 21.7. The Morgan fingerprint density at radius 1 is 0.469 bits per heavy atom. The fraction of sp³-hybridized carbons (Fsp3) is 0.357. The lowest BCUT2D eigenvalue weighted by Gasteiger charge is -2.30. The van der Waals surface area contributed by atoms with Crippen molar-refractivity contribution in [2.24, 2.45) is 0 Å². The number of carbonyl (C=O) groups excluding carboxylic acids is 1. The first-order valence-corrected chi connectivity index (χ1v) is 39.8. The molecule has 0 atom stereocenters. The minimum absolute atomic E-state index is 0.0975. The molecule has 10 aromatic rings. The van der Waals surface area contributed by atoms with E-state index in [0.717, 1.165) is 123 Å². The molecule has 2 saturated heterocycles. The maximum atomic E-state index is 14.0. The largest absolute Gasteiger partial charge is 0.495 e. The van der Waals surface area contributed by atoms with Crippen LogP contribution in [0.3, 0.4) is 0 Å². The summed E-state index contributed by atoms with van der Waals surface area (Å²) in [6.07, 6.45) is 29.7. The lowest BCUT2D eigenvalue weighted by atomic mass is 9.90. The molecule has 1 amide bonds. The van der Waals surface area contributed by atoms with Gasteiger partial charge < -0.3 is 34.6 Å². The molecule has 22 nitrogen and oxygen atoms in total. The number of amides is 1. The van der Waals surface area contributed by atoms with Gasteiger partial charge in [0.15, 0.2) is 0 Å². The number of para-hydroxylation sites is 2. The second kappa shape index (κ2) is 30.0. The molecule has 3 aromatic carbocycles. The van der Waals surface area contributed by atoms with E-state index in [4.69, 9.17) is 4.74 Å². The molecule has 0 spiro atoms. The summed E-state index contributed by atoms with van der Waals surface area (Å²) in [6.45, 7) is 7.11. The normalized spacial score (nSPS) is 17.6. The molecule has 7 aromatic heterocycles. The van der Waals surface area contributed by atoms with Crippen molar-refractivity contribution in [3.8, 4) is 5.75 Å². The number of methoxy groups -OCH3 is 1. The first-order chi connectivity index (χ1) is 46.7. The van der Waals surface area contributed by atoms with Crippen molar-refractivity contribution < 1.29 is 52.0 Å². The van der Waals surface area contributed by atoms with Crippen molar-refractivity contribution >= 4 is 117 Å². The summed E-state index contributed by atoms with van der Waals surface area (Å²) in [4.78, 5) is 37.3. The lowest BCUT2D eigenvalue weighted by Crippen LogP contribution is -2.37. The highest BCUT2D eigenvalue weighted by molar-refractivity contribution is 7.89. The van der Waals surface area contributed by atoms with Crippen LogP contribution in [0.4, 0.5) is 8.78 Å². The van der Waals surface area contributed by atoms with E-state index in [2.05, 4.69) is 47.0 Å². The van der Waals surface area contributed by atoms with Gasteiger partial charge in [0.25, 0.3) is 0 Å². The monoisotopic (exact) mass is 1420 g/mol. The number of rotatable bonds is 10. The zero-order valence-corrected chi connectivity index (χ0v) is 58.8. The van der Waals surface area contributed by atoms with Crippen molar-refractivity contribution in [3.05, 3.63) is 180 Å². The number of hydrogen-bond acceptors (Lipinski definition) is 12. The predicted molar refractivity (Wildman–Crippen MR) is 383 cm³/mol. The van der Waals surface area contributed by atoms with Crippen LogP contribution < -0.4 is 4.74 Å². The van der Waals surface area contributed by atoms with Crippen molar-refractivity contribution in [3.63, 3.8) is 0 Å². The highest BCUT2D eigenvalue weighted by atomic mass is 32.2. The number of hydrogen-bond donors (Lipinski definition) is 5. The maximum Gasteiger partial charge on any atom is 0.219 e. The smallest absolute Gasteiger partial charge is 0.219 e. The molecule has 0 aliphatic carbocycles. The second-order valence-electron chi connectivity index (χ2n) is 25.1. The third-order valence-corrected chi connectivity index (χ3v) is 24.0. The first kappa shape index (κ1) is 71.0. The van der Waals surface area contributed by atoms with Crippen molar-refractivity contribution in [1.29, 1.82) is 0 Å². The van der Waals surface area contributed by atoms with Gasteiger partial charge in [-0.25, -0.2) is 61.0 Å². The summed E-state index contributed by atoms with van der Waals surface area (Å²) >= 11 is 0. The number of aromatic nitrogens is 7. The van der Waals surface area contributed by atoms with Gasteiger partial charge >= 0.3 is 0 Å². The summed E-state index contributed by atoms with van der Waals surface area (Å²) in [7, 11) is -10.7. The number of ether oxygens (including phenoxy) is 1. The van der Waals surface area contributed by atoms with Gasteiger partial charge in [-0.1, -0.05) is 48.6 Å². The van der Waals surface area contributed by atoms with E-state index in [1.807, 2.05) is 91.7 Å². The van der Waals surface area contributed by atoms with E-state index in [-0.39, 0.29) is 23.5 Å². The van der Waals surface area contributed by atoms with Crippen LogP contribution in [0, 0.1) is 11.6 Å². The van der Waals surface area contributed by atoms with Crippen LogP contribution in [0.1, 0.15) is 91.5 Å². The average Bonchev–Trinajstić information content (AvgIpc) is 1.60. The number of sulfonamides is 4. The summed E-state index contributed by atoms with van der Waals surface area (Å²) in [5.74, 6) is 1.08. The molecule has 0 unspecified atom stereocenters. The summed E-state index contributed by atoms with van der Waals surface area (Å²) in [6, 6.07) is 24.0. The molecule has 12 heterocycles. The third-order valence-electron chi connectivity index (χ3n) is 18.9. The van der Waals surface area contributed by atoms with Gasteiger partial charge in [0.2, 0.25) is 46.0 Å². The van der Waals surface area contributed by atoms with Gasteiger partial charge in [-0.05, 0) is 133 Å². The van der Waals surface area contributed by atoms with Crippen LogP contribution in [0.2, 0.25) is 0 Å². The van der Waals surface area contributed by atoms with Gasteiger partial charge in [-0.15, -0.1) is 0 Å². The highest BCUT2D eigenvalue weighted by Crippen LogP contribution is 2.38. The van der Waals surface area contributed by atoms with Crippen LogP contribution in [-0.2, 0) is 44.9 Å². The van der Waals surface area contributed by atoms with Gasteiger partial charge in [-0.2, -0.15) is 8.61 Å². The van der Waals surface area contributed by atoms with Crippen LogP contribution in [-0.4, -0.2) is 194 Å². The van der Waals surface area contributed by atoms with Crippen LogP contribution in [0.25, 0.3) is 71.5 Å². The number of nitrogens with zero attached hydrogens (tertiary/aromatic N) is 7. The predicted octanol–water partition coefficient (Wildman–Crippen LogP) is 10.9. The van der Waals surface area contributed by atoms with Crippen molar-refractivity contribution in [2.75, 3.05) is 97.6 Å². The second-order valence-corrected chi connectivity index (χ2v) is 33.0. The molecular formula is C70H82F2N12O10S4. The van der Waals surface area contributed by atoms with Crippen LogP contribution in [0.5, 0.6) is 5.75 Å². The SMILES string of the molecule is CC(=O)N1CC=C(c2c[nH]c3c(F)cccc23)CC1.COc1cccc2c(C3=CCN(S(C)(=O)=O)CC3)c[nH]c12.CS(=O)(=O)N1CC=C(c2c[nH]c3ncccc23)CC1.CS(=O)(=O)N1CCC(c2c[nH]c3cccc(F)c23)CC1.CS(=O)(=O)N1CCC(c2c[nH]c3ncccc23)CC1. The Hall–Kier alpha value is -8.35. The number of fused-ring (bicyclic) bond motifs is 5.